The van der Waals surface area contributed by atoms with Gasteiger partial charge in [-0.15, -0.1) is 0 Å². The Labute approximate surface area is 187 Å². The monoisotopic (exact) mass is 452 g/mol. The highest BCUT2D eigenvalue weighted by Crippen LogP contribution is 2.22. The highest BCUT2D eigenvalue weighted by Gasteiger charge is 2.24. The van der Waals surface area contributed by atoms with E-state index in [-0.39, 0.29) is 33.6 Å². The number of carbonyl (C=O) groups excluding carboxylic acids is 2. The number of ketones is 2. The van der Waals surface area contributed by atoms with E-state index in [2.05, 4.69) is 9.55 Å². The summed E-state index contributed by atoms with van der Waals surface area (Å²) in [4.78, 5) is 30.1. The summed E-state index contributed by atoms with van der Waals surface area (Å²) in [6.07, 6.45) is 5.73. The van der Waals surface area contributed by atoms with Crippen LogP contribution in [0.25, 0.3) is 0 Å². The number of sulfonamides is 1. The van der Waals surface area contributed by atoms with Crippen molar-refractivity contribution in [2.75, 3.05) is 0 Å². The lowest BCUT2D eigenvalue weighted by molar-refractivity contribution is -0.115. The summed E-state index contributed by atoms with van der Waals surface area (Å²) in [7, 11) is -3.97. The first kappa shape index (κ1) is 23.3. The van der Waals surface area contributed by atoms with Crippen molar-refractivity contribution >= 4 is 33.0 Å². The van der Waals surface area contributed by atoms with Gasteiger partial charge in [-0.25, -0.2) is 0 Å². The van der Waals surface area contributed by atoms with E-state index in [1.165, 1.54) is 30.4 Å². The van der Waals surface area contributed by atoms with E-state index in [9.17, 15) is 18.0 Å². The molecular formula is C24H24N2O5S. The van der Waals surface area contributed by atoms with Crippen LogP contribution in [0.2, 0.25) is 0 Å². The summed E-state index contributed by atoms with van der Waals surface area (Å²) in [6, 6.07) is 6.32. The molecule has 1 aromatic carbocycles. The SMILES string of the molecule is CC1=CC(=NS(=O)(=O)c2ccc(C)cc2)C=C(O/N=C2/C=C(C(C)C)C(=O)C=C2C)C1=O. The van der Waals surface area contributed by atoms with Gasteiger partial charge in [0.15, 0.2) is 5.78 Å². The summed E-state index contributed by atoms with van der Waals surface area (Å²) >= 11 is 0. The van der Waals surface area contributed by atoms with E-state index in [1.54, 1.807) is 32.1 Å². The van der Waals surface area contributed by atoms with E-state index in [4.69, 9.17) is 4.84 Å². The van der Waals surface area contributed by atoms with Gasteiger partial charge in [0, 0.05) is 17.2 Å². The molecule has 166 valence electrons. The predicted octanol–water partition coefficient (Wildman–Crippen LogP) is 4.02. The van der Waals surface area contributed by atoms with Crippen molar-refractivity contribution in [3.63, 3.8) is 0 Å². The number of hydrogen-bond donors (Lipinski definition) is 0. The maximum Gasteiger partial charge on any atom is 0.282 e. The predicted molar refractivity (Wildman–Crippen MR) is 123 cm³/mol. The van der Waals surface area contributed by atoms with E-state index >= 15 is 0 Å². The molecule has 32 heavy (non-hydrogen) atoms. The third kappa shape index (κ3) is 5.08. The second kappa shape index (κ2) is 9.00. The van der Waals surface area contributed by atoms with E-state index in [0.717, 1.165) is 5.56 Å². The van der Waals surface area contributed by atoms with E-state index < -0.39 is 15.8 Å². The lowest BCUT2D eigenvalue weighted by atomic mass is 9.90. The van der Waals surface area contributed by atoms with Crippen LogP contribution in [0.5, 0.6) is 0 Å². The van der Waals surface area contributed by atoms with Gasteiger partial charge in [-0.3, -0.25) is 9.59 Å². The molecule has 1 aromatic rings. The molecule has 0 aliphatic heterocycles. The normalized spacial score (nSPS) is 19.7. The molecule has 0 bridgehead atoms. The number of Topliss-reactive ketones (excluding diaryl/α,β-unsaturated/α-hetero) is 1. The minimum absolute atomic E-state index is 0.00322. The largest absolute Gasteiger partial charge is 0.352 e. The Morgan fingerprint density at radius 1 is 0.875 bits per heavy atom. The Hall–Kier alpha value is -3.39. The number of benzene rings is 1. The number of allylic oxidation sites excluding steroid dienone is 7. The lowest BCUT2D eigenvalue weighted by Gasteiger charge is -2.15. The van der Waals surface area contributed by atoms with Crippen LogP contribution < -0.4 is 0 Å². The molecule has 0 N–H and O–H groups in total. The molecule has 0 heterocycles. The molecule has 3 rings (SSSR count). The first-order valence-corrected chi connectivity index (χ1v) is 11.5. The van der Waals surface area contributed by atoms with Gasteiger partial charge in [0.1, 0.15) is 5.71 Å². The van der Waals surface area contributed by atoms with Gasteiger partial charge in [-0.2, -0.15) is 12.8 Å². The molecule has 2 aliphatic rings. The molecule has 0 amide bonds. The topological polar surface area (TPSA) is 102 Å². The zero-order valence-electron chi connectivity index (χ0n) is 18.5. The lowest BCUT2D eigenvalue weighted by Crippen LogP contribution is -2.17. The molecule has 0 radical (unpaired) electrons. The van der Waals surface area contributed by atoms with Crippen molar-refractivity contribution in [1.82, 2.24) is 0 Å². The van der Waals surface area contributed by atoms with E-state index in [1.807, 2.05) is 20.8 Å². The van der Waals surface area contributed by atoms with Gasteiger partial charge >= 0.3 is 0 Å². The third-order valence-electron chi connectivity index (χ3n) is 4.96. The zero-order chi connectivity index (χ0) is 23.6. The molecule has 0 unspecified atom stereocenters. The number of nitrogens with zero attached hydrogens (tertiary/aromatic N) is 2. The smallest absolute Gasteiger partial charge is 0.282 e. The fraction of sp³-hybridized carbons (Fsp3) is 0.250. The number of aryl methyl sites for hydroxylation is 1. The fourth-order valence-electron chi connectivity index (χ4n) is 3.08. The average molecular weight is 453 g/mol. The van der Waals surface area contributed by atoms with Crippen molar-refractivity contribution in [3.8, 4) is 0 Å². The Morgan fingerprint density at radius 2 is 1.53 bits per heavy atom. The molecule has 8 heteroatoms. The van der Waals surface area contributed by atoms with Gasteiger partial charge in [0.2, 0.25) is 11.5 Å². The van der Waals surface area contributed by atoms with Crippen molar-refractivity contribution in [2.24, 2.45) is 15.5 Å². The van der Waals surface area contributed by atoms with Crippen molar-refractivity contribution < 1.29 is 22.8 Å². The molecule has 0 saturated carbocycles. The van der Waals surface area contributed by atoms with Crippen LogP contribution in [0.3, 0.4) is 0 Å². The zero-order valence-corrected chi connectivity index (χ0v) is 19.4. The first-order valence-electron chi connectivity index (χ1n) is 10.0. The molecule has 0 atom stereocenters. The molecule has 7 nitrogen and oxygen atoms in total. The van der Waals surface area contributed by atoms with Gasteiger partial charge in [-0.05, 0) is 62.6 Å². The highest BCUT2D eigenvalue weighted by atomic mass is 32.2. The van der Waals surface area contributed by atoms with Crippen LogP contribution in [0, 0.1) is 12.8 Å². The highest BCUT2D eigenvalue weighted by molar-refractivity contribution is 7.90. The Bertz CT molecular complexity index is 1270. The average Bonchev–Trinajstić information content (AvgIpc) is 2.70. The Kier molecular flexibility index (Phi) is 6.55. The van der Waals surface area contributed by atoms with Crippen LogP contribution in [0.4, 0.5) is 0 Å². The minimum atomic E-state index is -3.97. The summed E-state index contributed by atoms with van der Waals surface area (Å²) < 4.78 is 29.1. The second-order valence-corrected chi connectivity index (χ2v) is 9.59. The van der Waals surface area contributed by atoms with E-state index in [0.29, 0.717) is 16.9 Å². The maximum absolute atomic E-state index is 12.6. The van der Waals surface area contributed by atoms with Crippen LogP contribution in [0.1, 0.15) is 33.3 Å². The summed E-state index contributed by atoms with van der Waals surface area (Å²) in [5.74, 6) is -0.662. The number of carbonyl (C=O) groups is 2. The Balaban J connectivity index is 1.93. The number of hydrogen-bond acceptors (Lipinski definition) is 6. The van der Waals surface area contributed by atoms with Gasteiger partial charge < -0.3 is 4.84 Å². The van der Waals surface area contributed by atoms with Crippen LogP contribution >= 0.6 is 0 Å². The molecule has 0 aromatic heterocycles. The molecule has 0 saturated heterocycles. The fourth-order valence-corrected chi connectivity index (χ4v) is 4.05. The molecule has 0 fully saturated rings. The summed E-state index contributed by atoms with van der Waals surface area (Å²) in [5, 5.41) is 4.04. The molecule has 2 aliphatic carbocycles. The summed E-state index contributed by atoms with van der Waals surface area (Å²) in [5.41, 5.74) is 2.86. The minimum Gasteiger partial charge on any atom is -0.352 e. The quantitative estimate of drug-likeness (QED) is 0.496. The standard InChI is InChI=1S/C24H24N2O5S/c1-14(2)20-13-21(16(4)11-22(20)27)25-31-23-12-18(10-17(5)24(23)28)26-32(29,30)19-8-6-15(3)7-9-19/h6-14H,1-5H3/b25-21-,26-18?. The number of oxime groups is 1. The first-order chi connectivity index (χ1) is 15.0. The van der Waals surface area contributed by atoms with Gasteiger partial charge in [-0.1, -0.05) is 36.7 Å². The van der Waals surface area contributed by atoms with Crippen molar-refractivity contribution in [1.29, 1.82) is 0 Å². The van der Waals surface area contributed by atoms with Gasteiger partial charge in [0.25, 0.3) is 10.0 Å². The second-order valence-electron chi connectivity index (χ2n) is 7.98. The summed E-state index contributed by atoms with van der Waals surface area (Å²) in [6.45, 7) is 8.91. The maximum atomic E-state index is 12.6. The van der Waals surface area contributed by atoms with Crippen LogP contribution in [-0.4, -0.2) is 31.4 Å². The molecular weight excluding hydrogens is 428 g/mol. The van der Waals surface area contributed by atoms with Crippen molar-refractivity contribution in [3.05, 3.63) is 76.6 Å². The van der Waals surface area contributed by atoms with Crippen molar-refractivity contribution in [2.45, 2.75) is 39.5 Å². The van der Waals surface area contributed by atoms with Crippen LogP contribution in [-0.2, 0) is 24.4 Å². The number of rotatable bonds is 5. The Morgan fingerprint density at radius 3 is 2.16 bits per heavy atom. The molecule has 0 spiro atoms. The van der Waals surface area contributed by atoms with Crippen LogP contribution in [0.15, 0.2) is 85.5 Å². The third-order valence-corrected chi connectivity index (χ3v) is 6.28. The van der Waals surface area contributed by atoms with Gasteiger partial charge in [0.05, 0.1) is 10.6 Å².